The highest BCUT2D eigenvalue weighted by Gasteiger charge is 2.19. The summed E-state index contributed by atoms with van der Waals surface area (Å²) in [5.41, 5.74) is 2.37. The first-order chi connectivity index (χ1) is 17.0. The lowest BCUT2D eigenvalue weighted by Gasteiger charge is -2.26. The van der Waals surface area contributed by atoms with Crippen molar-refractivity contribution in [3.63, 3.8) is 0 Å². The summed E-state index contributed by atoms with van der Waals surface area (Å²) in [4.78, 5) is 29.1. The second-order valence-corrected chi connectivity index (χ2v) is 8.61. The summed E-state index contributed by atoms with van der Waals surface area (Å²) >= 11 is 0. The minimum absolute atomic E-state index is 0.0249. The molecule has 2 aromatic carbocycles. The molecule has 0 spiro atoms. The number of para-hydroxylation sites is 1. The van der Waals surface area contributed by atoms with Gasteiger partial charge in [0.15, 0.2) is 18.1 Å². The van der Waals surface area contributed by atoms with Crippen LogP contribution in [0.25, 0.3) is 5.69 Å². The molecular formula is C27H32N4O4. The summed E-state index contributed by atoms with van der Waals surface area (Å²) in [7, 11) is 1.75. The molecule has 0 N–H and O–H groups in total. The molecule has 8 heteroatoms. The van der Waals surface area contributed by atoms with Crippen molar-refractivity contribution >= 4 is 11.8 Å². The normalized spacial score (nSPS) is 13.4. The fourth-order valence-corrected chi connectivity index (χ4v) is 4.13. The number of ether oxygens (including phenoxy) is 2. The Labute approximate surface area is 206 Å². The van der Waals surface area contributed by atoms with Crippen molar-refractivity contribution in [2.45, 2.75) is 32.7 Å². The second-order valence-electron chi connectivity index (χ2n) is 8.61. The largest absolute Gasteiger partial charge is 0.490 e. The highest BCUT2D eigenvalue weighted by Crippen LogP contribution is 2.29. The number of piperidine rings is 1. The van der Waals surface area contributed by atoms with Crippen LogP contribution in [-0.2, 0) is 11.3 Å². The van der Waals surface area contributed by atoms with Gasteiger partial charge in [-0.15, -0.1) is 0 Å². The third-order valence-corrected chi connectivity index (χ3v) is 5.97. The van der Waals surface area contributed by atoms with Crippen molar-refractivity contribution in [1.29, 1.82) is 0 Å². The number of nitrogens with zero attached hydrogens (tertiary/aromatic N) is 4. The van der Waals surface area contributed by atoms with Crippen molar-refractivity contribution < 1.29 is 19.1 Å². The van der Waals surface area contributed by atoms with Crippen LogP contribution in [0.1, 0.15) is 42.1 Å². The van der Waals surface area contributed by atoms with Crippen LogP contribution >= 0.6 is 0 Å². The van der Waals surface area contributed by atoms with Gasteiger partial charge in [-0.2, -0.15) is 5.10 Å². The second kappa shape index (κ2) is 11.6. The zero-order valence-corrected chi connectivity index (χ0v) is 20.4. The van der Waals surface area contributed by atoms with E-state index in [1.807, 2.05) is 48.4 Å². The summed E-state index contributed by atoms with van der Waals surface area (Å²) in [5.74, 6) is 0.744. The fourth-order valence-electron chi connectivity index (χ4n) is 4.13. The van der Waals surface area contributed by atoms with E-state index >= 15 is 0 Å². The van der Waals surface area contributed by atoms with Crippen molar-refractivity contribution in [1.82, 2.24) is 19.6 Å². The van der Waals surface area contributed by atoms with Gasteiger partial charge in [0.25, 0.3) is 11.8 Å². The summed E-state index contributed by atoms with van der Waals surface area (Å²) < 4.78 is 13.3. The average Bonchev–Trinajstić information content (AvgIpc) is 3.37. The van der Waals surface area contributed by atoms with Crippen LogP contribution < -0.4 is 9.47 Å². The maximum absolute atomic E-state index is 13.1. The smallest absolute Gasteiger partial charge is 0.260 e. The summed E-state index contributed by atoms with van der Waals surface area (Å²) in [6.07, 6.45) is 6.92. The van der Waals surface area contributed by atoms with Gasteiger partial charge in [-0.1, -0.05) is 18.2 Å². The highest BCUT2D eigenvalue weighted by atomic mass is 16.5. The first-order valence-corrected chi connectivity index (χ1v) is 12.1. The zero-order valence-electron chi connectivity index (χ0n) is 20.4. The molecule has 184 valence electrons. The van der Waals surface area contributed by atoms with Crippen LogP contribution in [0.3, 0.4) is 0 Å². The van der Waals surface area contributed by atoms with Gasteiger partial charge in [-0.05, 0) is 56.5 Å². The van der Waals surface area contributed by atoms with E-state index in [0.717, 1.165) is 37.2 Å². The predicted molar refractivity (Wildman–Crippen MR) is 133 cm³/mol. The number of hydrogen-bond donors (Lipinski definition) is 0. The van der Waals surface area contributed by atoms with Crippen LogP contribution in [0, 0.1) is 0 Å². The Balaban J connectivity index is 1.40. The van der Waals surface area contributed by atoms with Gasteiger partial charge >= 0.3 is 0 Å². The SMILES string of the molecule is CCOc1cc(C(=O)N(C)Cc2cnn(-c3ccccc3)c2)ccc1OCC(=O)N1CCCCC1. The lowest BCUT2D eigenvalue weighted by molar-refractivity contribution is -0.134. The Morgan fingerprint density at radius 1 is 1.00 bits per heavy atom. The van der Waals surface area contributed by atoms with E-state index in [0.29, 0.717) is 30.2 Å². The first kappa shape index (κ1) is 24.3. The molecule has 0 radical (unpaired) electrons. The quantitative estimate of drug-likeness (QED) is 0.468. The number of benzene rings is 2. The van der Waals surface area contributed by atoms with Gasteiger partial charge in [0.2, 0.25) is 0 Å². The number of rotatable bonds is 9. The van der Waals surface area contributed by atoms with Gasteiger partial charge in [0.1, 0.15) is 0 Å². The van der Waals surface area contributed by atoms with E-state index in [-0.39, 0.29) is 18.4 Å². The molecule has 8 nitrogen and oxygen atoms in total. The molecule has 0 aliphatic carbocycles. The summed E-state index contributed by atoms with van der Waals surface area (Å²) in [6, 6.07) is 14.9. The minimum atomic E-state index is -0.144. The third-order valence-electron chi connectivity index (χ3n) is 5.97. The number of amides is 2. The van der Waals surface area contributed by atoms with Crippen molar-refractivity contribution in [3.8, 4) is 17.2 Å². The van der Waals surface area contributed by atoms with Crippen LogP contribution in [0.4, 0.5) is 0 Å². The Morgan fingerprint density at radius 2 is 1.77 bits per heavy atom. The Hall–Kier alpha value is -3.81. The number of carbonyl (C=O) groups is 2. The lowest BCUT2D eigenvalue weighted by atomic mass is 10.1. The molecule has 1 aliphatic rings. The van der Waals surface area contributed by atoms with E-state index in [1.165, 1.54) is 6.42 Å². The third kappa shape index (κ3) is 6.20. The molecule has 0 atom stereocenters. The number of aromatic nitrogens is 2. The summed E-state index contributed by atoms with van der Waals surface area (Å²) in [6.45, 7) is 4.22. The summed E-state index contributed by atoms with van der Waals surface area (Å²) in [5, 5.41) is 4.40. The topological polar surface area (TPSA) is 76.9 Å². The van der Waals surface area contributed by atoms with Crippen LogP contribution in [0.5, 0.6) is 11.5 Å². The standard InChI is InChI=1S/C27H32N4O4/c1-3-34-25-16-22(12-13-24(25)35-20-26(32)30-14-8-5-9-15-30)27(33)29(2)18-21-17-28-31(19-21)23-10-6-4-7-11-23/h4,6-7,10-13,16-17,19H,3,5,8-9,14-15,18,20H2,1-2H3. The Bertz CT molecular complexity index is 1140. The van der Waals surface area contributed by atoms with Gasteiger partial charge in [0, 0.05) is 44.0 Å². The van der Waals surface area contributed by atoms with Gasteiger partial charge in [-0.3, -0.25) is 9.59 Å². The molecule has 1 saturated heterocycles. The van der Waals surface area contributed by atoms with Crippen molar-refractivity contribution in [2.24, 2.45) is 0 Å². The van der Waals surface area contributed by atoms with Crippen molar-refractivity contribution in [3.05, 3.63) is 72.1 Å². The molecule has 0 unspecified atom stereocenters. The Morgan fingerprint density at radius 3 is 2.51 bits per heavy atom. The fraction of sp³-hybridized carbons (Fsp3) is 0.370. The molecular weight excluding hydrogens is 444 g/mol. The molecule has 2 amide bonds. The highest BCUT2D eigenvalue weighted by molar-refractivity contribution is 5.94. The molecule has 3 aromatic rings. The van der Waals surface area contributed by atoms with E-state index < -0.39 is 0 Å². The van der Waals surface area contributed by atoms with Crippen molar-refractivity contribution in [2.75, 3.05) is 33.4 Å². The number of hydrogen-bond acceptors (Lipinski definition) is 5. The van der Waals surface area contributed by atoms with Crippen LogP contribution in [0.2, 0.25) is 0 Å². The molecule has 0 saturated carbocycles. The lowest BCUT2D eigenvalue weighted by Crippen LogP contribution is -2.38. The van der Waals surface area contributed by atoms with Crippen LogP contribution in [0.15, 0.2) is 60.9 Å². The molecule has 4 rings (SSSR count). The molecule has 1 fully saturated rings. The maximum atomic E-state index is 13.1. The van der Waals surface area contributed by atoms with Gasteiger partial charge in [0.05, 0.1) is 18.5 Å². The van der Waals surface area contributed by atoms with E-state index in [4.69, 9.17) is 9.47 Å². The maximum Gasteiger partial charge on any atom is 0.260 e. The zero-order chi connectivity index (χ0) is 24.6. The molecule has 1 aromatic heterocycles. The number of likely N-dealkylation sites (tertiary alicyclic amines) is 1. The first-order valence-electron chi connectivity index (χ1n) is 12.1. The van der Waals surface area contributed by atoms with E-state index in [2.05, 4.69) is 5.10 Å². The minimum Gasteiger partial charge on any atom is -0.490 e. The van der Waals surface area contributed by atoms with Gasteiger partial charge in [-0.25, -0.2) is 4.68 Å². The number of carbonyl (C=O) groups excluding carboxylic acids is 2. The predicted octanol–water partition coefficient (Wildman–Crippen LogP) is 3.93. The monoisotopic (exact) mass is 476 g/mol. The Kier molecular flexibility index (Phi) is 8.03. The van der Waals surface area contributed by atoms with Gasteiger partial charge < -0.3 is 19.3 Å². The van der Waals surface area contributed by atoms with E-state index in [1.54, 1.807) is 41.0 Å². The molecule has 2 heterocycles. The average molecular weight is 477 g/mol. The molecule has 1 aliphatic heterocycles. The van der Waals surface area contributed by atoms with Crippen LogP contribution in [-0.4, -0.2) is 64.7 Å². The molecule has 35 heavy (non-hydrogen) atoms. The van der Waals surface area contributed by atoms with E-state index in [9.17, 15) is 9.59 Å². The molecule has 0 bridgehead atoms.